The molecule has 0 fully saturated rings. The van der Waals surface area contributed by atoms with Crippen LogP contribution in [0.15, 0.2) is 41.4 Å². The smallest absolute Gasteiger partial charge is 0.229 e. The van der Waals surface area contributed by atoms with Gasteiger partial charge in [-0.15, -0.1) is 0 Å². The molecule has 1 aromatic heterocycles. The van der Waals surface area contributed by atoms with Crippen molar-refractivity contribution in [2.75, 3.05) is 16.6 Å². The van der Waals surface area contributed by atoms with Gasteiger partial charge in [0.1, 0.15) is 5.82 Å². The molecule has 1 heterocycles. The Balaban J connectivity index is 2.55. The molecule has 9 heteroatoms. The average Bonchev–Trinajstić information content (AvgIpc) is 2.46. The van der Waals surface area contributed by atoms with Crippen LogP contribution in [0.1, 0.15) is 6.92 Å². The van der Waals surface area contributed by atoms with E-state index in [1.54, 1.807) is 0 Å². The molecule has 0 atom stereocenters. The number of halogens is 1. The lowest BCUT2D eigenvalue weighted by Crippen LogP contribution is -2.24. The van der Waals surface area contributed by atoms with Crippen LogP contribution in [0, 0.1) is 0 Å². The van der Waals surface area contributed by atoms with Gasteiger partial charge >= 0.3 is 0 Å². The molecule has 0 unspecified atom stereocenters. The maximum atomic E-state index is 12.0. The first kappa shape index (κ1) is 17.2. The molecular formula is C14H14ClN3O4S. The molecule has 122 valence electrons. The Hall–Kier alpha value is -2.16. The van der Waals surface area contributed by atoms with Crippen LogP contribution in [0.4, 0.5) is 17.2 Å². The fraction of sp³-hybridized carbons (Fsp3) is 0.143. The molecule has 1 aromatic carbocycles. The minimum Gasteiger partial charge on any atom is -0.291 e. The van der Waals surface area contributed by atoms with E-state index in [-0.39, 0.29) is 21.6 Å². The van der Waals surface area contributed by atoms with Crippen LogP contribution >= 0.6 is 11.6 Å². The molecule has 0 saturated carbocycles. The number of hydrogen-bond acceptors (Lipinski definition) is 6. The van der Waals surface area contributed by atoms with Crippen molar-refractivity contribution in [3.8, 4) is 0 Å². The van der Waals surface area contributed by atoms with Crippen molar-refractivity contribution in [1.29, 1.82) is 0 Å². The van der Waals surface area contributed by atoms with Crippen molar-refractivity contribution >= 4 is 44.5 Å². The maximum absolute atomic E-state index is 12.0. The molecule has 0 aliphatic heterocycles. The zero-order valence-electron chi connectivity index (χ0n) is 12.3. The number of benzene rings is 1. The molecule has 2 aromatic rings. The molecule has 2 N–H and O–H groups in total. The number of carbonyl (C=O) groups is 1. The first-order chi connectivity index (χ1) is 10.7. The van der Waals surface area contributed by atoms with Gasteiger partial charge in [-0.05, 0) is 24.3 Å². The lowest BCUT2D eigenvalue weighted by Gasteiger charge is -2.21. The second kappa shape index (κ2) is 6.53. The van der Waals surface area contributed by atoms with Crippen LogP contribution in [0.5, 0.6) is 0 Å². The highest BCUT2D eigenvalue weighted by atomic mass is 35.5. The SMILES string of the molecule is CC(=O)N(c1ccc(S(C)(=O)=O)c(Cl)c1)c1cc(NO)ccn1. The van der Waals surface area contributed by atoms with Crippen LogP contribution in [0.3, 0.4) is 0 Å². The predicted molar refractivity (Wildman–Crippen MR) is 87.0 cm³/mol. The highest BCUT2D eigenvalue weighted by Crippen LogP contribution is 2.31. The Morgan fingerprint density at radius 3 is 2.52 bits per heavy atom. The number of amides is 1. The summed E-state index contributed by atoms with van der Waals surface area (Å²) in [5.74, 6) is -0.101. The van der Waals surface area contributed by atoms with E-state index in [0.29, 0.717) is 11.4 Å². The minimum atomic E-state index is -3.47. The minimum absolute atomic E-state index is 0.00712. The van der Waals surface area contributed by atoms with Gasteiger partial charge in [-0.2, -0.15) is 0 Å². The van der Waals surface area contributed by atoms with Gasteiger partial charge in [0, 0.05) is 25.4 Å². The predicted octanol–water partition coefficient (Wildman–Crippen LogP) is 2.62. The molecule has 0 aliphatic carbocycles. The standard InChI is InChI=1S/C14H14ClN3O4S/c1-9(19)18(14-7-10(17-20)5-6-16-14)11-3-4-13(12(15)8-11)23(2,21)22/h3-8,20H,1-2H3,(H,16,17). The number of sulfone groups is 1. The third kappa shape index (κ3) is 3.79. The van der Waals surface area contributed by atoms with E-state index < -0.39 is 9.84 Å². The highest BCUT2D eigenvalue weighted by molar-refractivity contribution is 7.90. The summed E-state index contributed by atoms with van der Waals surface area (Å²) < 4.78 is 23.2. The Morgan fingerprint density at radius 1 is 1.30 bits per heavy atom. The zero-order chi connectivity index (χ0) is 17.2. The van der Waals surface area contributed by atoms with E-state index in [1.165, 1.54) is 48.4 Å². The van der Waals surface area contributed by atoms with Gasteiger partial charge < -0.3 is 0 Å². The van der Waals surface area contributed by atoms with E-state index in [9.17, 15) is 13.2 Å². The lowest BCUT2D eigenvalue weighted by atomic mass is 10.2. The van der Waals surface area contributed by atoms with Gasteiger partial charge in [-0.25, -0.2) is 13.4 Å². The zero-order valence-corrected chi connectivity index (χ0v) is 13.9. The van der Waals surface area contributed by atoms with Crippen molar-refractivity contribution in [2.24, 2.45) is 0 Å². The summed E-state index contributed by atoms with van der Waals surface area (Å²) in [6.45, 7) is 1.33. The second-order valence-corrected chi connectivity index (χ2v) is 7.15. The van der Waals surface area contributed by atoms with Gasteiger partial charge in [0.2, 0.25) is 5.91 Å². The van der Waals surface area contributed by atoms with Crippen molar-refractivity contribution in [3.63, 3.8) is 0 Å². The third-order valence-electron chi connectivity index (χ3n) is 2.99. The third-order valence-corrected chi connectivity index (χ3v) is 4.57. The summed E-state index contributed by atoms with van der Waals surface area (Å²) in [7, 11) is -3.47. The van der Waals surface area contributed by atoms with E-state index >= 15 is 0 Å². The Bertz CT molecular complexity index is 855. The molecule has 23 heavy (non-hydrogen) atoms. The normalized spacial score (nSPS) is 11.1. The Kier molecular flexibility index (Phi) is 4.88. The number of aromatic nitrogens is 1. The number of nitrogens with one attached hydrogen (secondary N) is 1. The first-order valence-corrected chi connectivity index (χ1v) is 8.67. The molecule has 0 bridgehead atoms. The summed E-state index contributed by atoms with van der Waals surface area (Å²) in [5, 5.41) is 8.96. The number of carbonyl (C=O) groups excluding carboxylic acids is 1. The molecule has 0 aliphatic rings. The molecule has 0 spiro atoms. The van der Waals surface area contributed by atoms with Gasteiger partial charge in [-0.1, -0.05) is 11.6 Å². The summed E-state index contributed by atoms with van der Waals surface area (Å²) in [6, 6.07) is 7.14. The fourth-order valence-corrected chi connectivity index (χ4v) is 3.34. The molecular weight excluding hydrogens is 342 g/mol. The average molecular weight is 356 g/mol. The second-order valence-electron chi connectivity index (χ2n) is 4.76. The Labute approximate surface area is 138 Å². The molecule has 2 rings (SSSR count). The molecule has 7 nitrogen and oxygen atoms in total. The van der Waals surface area contributed by atoms with Crippen molar-refractivity contribution in [3.05, 3.63) is 41.6 Å². The number of rotatable bonds is 4. The van der Waals surface area contributed by atoms with Gasteiger partial charge in [0.25, 0.3) is 0 Å². The van der Waals surface area contributed by atoms with Crippen molar-refractivity contribution < 1.29 is 18.4 Å². The summed E-state index contributed by atoms with van der Waals surface area (Å²) in [6.07, 6.45) is 2.46. The van der Waals surface area contributed by atoms with Crippen LogP contribution in [-0.2, 0) is 14.6 Å². The number of hydrogen-bond donors (Lipinski definition) is 2. The van der Waals surface area contributed by atoms with Crippen molar-refractivity contribution in [2.45, 2.75) is 11.8 Å². The molecule has 0 radical (unpaired) electrons. The molecule has 1 amide bonds. The van der Waals surface area contributed by atoms with Gasteiger partial charge in [0.05, 0.1) is 21.3 Å². The largest absolute Gasteiger partial charge is 0.291 e. The fourth-order valence-electron chi connectivity index (χ4n) is 2.02. The van der Waals surface area contributed by atoms with Crippen LogP contribution in [0.25, 0.3) is 0 Å². The number of anilines is 3. The maximum Gasteiger partial charge on any atom is 0.229 e. The van der Waals surface area contributed by atoms with Crippen molar-refractivity contribution in [1.82, 2.24) is 4.98 Å². The topological polar surface area (TPSA) is 99.6 Å². The quantitative estimate of drug-likeness (QED) is 0.818. The molecule has 0 saturated heterocycles. The number of nitrogens with zero attached hydrogens (tertiary/aromatic N) is 2. The number of pyridine rings is 1. The Morgan fingerprint density at radius 2 is 2.00 bits per heavy atom. The van der Waals surface area contributed by atoms with E-state index in [2.05, 4.69) is 4.98 Å². The summed E-state index contributed by atoms with van der Waals surface area (Å²) >= 11 is 6.02. The highest BCUT2D eigenvalue weighted by Gasteiger charge is 2.19. The summed E-state index contributed by atoms with van der Waals surface area (Å²) in [4.78, 5) is 17.3. The monoisotopic (exact) mass is 355 g/mol. The van der Waals surface area contributed by atoms with E-state index in [4.69, 9.17) is 16.8 Å². The lowest BCUT2D eigenvalue weighted by molar-refractivity contribution is -0.115. The first-order valence-electron chi connectivity index (χ1n) is 6.40. The van der Waals surface area contributed by atoms with Crippen LogP contribution in [0.2, 0.25) is 5.02 Å². The van der Waals surface area contributed by atoms with Gasteiger partial charge in [-0.3, -0.25) is 20.4 Å². The summed E-state index contributed by atoms with van der Waals surface area (Å²) in [5.41, 5.74) is 2.68. The van der Waals surface area contributed by atoms with E-state index in [1.807, 2.05) is 5.48 Å². The van der Waals surface area contributed by atoms with E-state index in [0.717, 1.165) is 6.26 Å². The van der Waals surface area contributed by atoms with Crippen LogP contribution < -0.4 is 10.4 Å². The van der Waals surface area contributed by atoms with Crippen LogP contribution in [-0.4, -0.2) is 30.8 Å². The van der Waals surface area contributed by atoms with Gasteiger partial charge in [0.15, 0.2) is 9.84 Å².